The molecule has 2 atom stereocenters. The smallest absolute Gasteiger partial charge is 0.0317 e. The molecule has 0 radical (unpaired) electrons. The lowest BCUT2D eigenvalue weighted by molar-refractivity contribution is 0.543. The predicted octanol–water partition coefficient (Wildman–Crippen LogP) is 12.4. The van der Waals surface area contributed by atoms with Crippen LogP contribution in [0.4, 0.5) is 0 Å². The first kappa shape index (κ1) is 32.9. The molecule has 194 valence electrons. The Hall–Kier alpha value is 0.860. The molecule has 0 saturated carbocycles. The van der Waals surface area contributed by atoms with Gasteiger partial charge >= 0.3 is 0 Å². The Balaban J connectivity index is 2.98. The Morgan fingerprint density at radius 3 is 0.656 bits per heavy atom. The van der Waals surface area contributed by atoms with Crippen molar-refractivity contribution >= 4 is 16.5 Å². The predicted molar refractivity (Wildman–Crippen MR) is 158 cm³/mol. The maximum atomic E-state index is 2.31. The first-order valence-electron chi connectivity index (χ1n) is 15.4. The van der Waals surface area contributed by atoms with E-state index in [2.05, 4.69) is 13.8 Å². The number of unbranched alkanes of at least 4 members (excludes halogenated alkanes) is 24. The molecule has 0 saturated heterocycles. The van der Waals surface area contributed by atoms with Crippen LogP contribution in [0.25, 0.3) is 0 Å². The zero-order chi connectivity index (χ0) is 23.2. The van der Waals surface area contributed by atoms with Gasteiger partial charge in [-0.05, 0) is 25.2 Å². The fourth-order valence-electron chi connectivity index (χ4n) is 4.64. The van der Waals surface area contributed by atoms with Crippen LogP contribution in [-0.2, 0) is 0 Å². The molecule has 0 spiro atoms. The molecule has 0 rings (SSSR count). The van der Waals surface area contributed by atoms with Crippen LogP contribution in [0.15, 0.2) is 0 Å². The lowest BCUT2D eigenvalue weighted by Gasteiger charge is -2.05. The first-order chi connectivity index (χ1) is 15.9. The average molecular weight is 487 g/mol. The highest BCUT2D eigenvalue weighted by Gasteiger charge is 1.96. The molecule has 0 aliphatic carbocycles. The lowest BCUT2D eigenvalue weighted by Crippen LogP contribution is -1.84. The third kappa shape index (κ3) is 30.9. The summed E-state index contributed by atoms with van der Waals surface area (Å²) in [7, 11) is 2.57. The second kappa shape index (κ2) is 31.9. The van der Waals surface area contributed by atoms with Gasteiger partial charge in [0, 0.05) is 0 Å². The van der Waals surface area contributed by atoms with E-state index in [9.17, 15) is 0 Å². The first-order valence-corrected chi connectivity index (χ1v) is 18.8. The molecule has 2 unspecified atom stereocenters. The number of hydrogen-bond acceptors (Lipinski definition) is 0. The second-order valence-corrected chi connectivity index (χ2v) is 14.2. The molecule has 0 N–H and O–H groups in total. The molecule has 0 heterocycles. The van der Waals surface area contributed by atoms with Gasteiger partial charge in [-0.2, -0.15) is 0 Å². The van der Waals surface area contributed by atoms with Crippen LogP contribution in [0.2, 0.25) is 0 Å². The van der Waals surface area contributed by atoms with Gasteiger partial charge in [0.1, 0.15) is 0 Å². The Labute approximate surface area is 209 Å². The highest BCUT2D eigenvalue weighted by molar-refractivity contribution is 8.11. The van der Waals surface area contributed by atoms with Crippen molar-refractivity contribution in [1.29, 1.82) is 0 Å². The molecular weight excluding hydrogens is 422 g/mol. The van der Waals surface area contributed by atoms with Crippen molar-refractivity contribution in [2.45, 2.75) is 181 Å². The van der Waals surface area contributed by atoms with E-state index in [0.717, 1.165) is 0 Å². The van der Waals surface area contributed by atoms with Gasteiger partial charge in [0.2, 0.25) is 0 Å². The zero-order valence-electron chi connectivity index (χ0n) is 22.8. The summed E-state index contributed by atoms with van der Waals surface area (Å²) in [6.07, 6.45) is 41.6. The van der Waals surface area contributed by atoms with E-state index in [1.807, 2.05) is 0 Å². The zero-order valence-corrected chi connectivity index (χ0v) is 24.8. The monoisotopic (exact) mass is 486 g/mol. The molecule has 0 bridgehead atoms. The van der Waals surface area contributed by atoms with Gasteiger partial charge in [0.05, 0.1) is 0 Å². The number of rotatable bonds is 29. The minimum Gasteiger partial charge on any atom is -0.0992 e. The van der Waals surface area contributed by atoms with Crippen molar-refractivity contribution in [3.63, 3.8) is 0 Å². The van der Waals surface area contributed by atoms with Gasteiger partial charge in [0.25, 0.3) is 0 Å². The van der Waals surface area contributed by atoms with Gasteiger partial charge in [-0.15, -0.1) is 0 Å². The molecular formula is C30H64P2. The SMILES string of the molecule is CCCCCCCCCCCCCCCPPCCCCCCCCCCCCCCC. The van der Waals surface area contributed by atoms with Crippen molar-refractivity contribution in [1.82, 2.24) is 0 Å². The molecule has 0 aliphatic heterocycles. The maximum absolute atomic E-state index is 2.31. The highest BCUT2D eigenvalue weighted by Crippen LogP contribution is 2.38. The molecule has 0 fully saturated rings. The van der Waals surface area contributed by atoms with Crippen LogP contribution in [-0.4, -0.2) is 12.3 Å². The van der Waals surface area contributed by atoms with Crippen LogP contribution < -0.4 is 0 Å². The normalized spacial score (nSPS) is 12.2. The Morgan fingerprint density at radius 2 is 0.438 bits per heavy atom. The summed E-state index contributed by atoms with van der Waals surface area (Å²) in [5, 5.41) is 0. The molecule has 32 heavy (non-hydrogen) atoms. The Kier molecular flexibility index (Phi) is 32.7. The van der Waals surface area contributed by atoms with E-state index in [1.165, 1.54) is 196 Å². The third-order valence-corrected chi connectivity index (χ3v) is 10.6. The molecule has 0 aliphatic rings. The standard InChI is InChI=1S/C30H64P2/c1-3-5-7-9-11-13-15-17-19-21-23-25-27-29-31-32-30-28-26-24-22-20-18-16-14-12-10-8-6-4-2/h31-32H,3-30H2,1-2H3. The highest BCUT2D eigenvalue weighted by atomic mass is 32.0. The summed E-state index contributed by atoms with van der Waals surface area (Å²) in [6.45, 7) is 4.61. The van der Waals surface area contributed by atoms with Crippen molar-refractivity contribution in [3.05, 3.63) is 0 Å². The average Bonchev–Trinajstić information content (AvgIpc) is 2.81. The molecule has 2 heteroatoms. The third-order valence-electron chi connectivity index (χ3n) is 6.94. The number of hydrogen-bond donors (Lipinski definition) is 0. The van der Waals surface area contributed by atoms with E-state index < -0.39 is 0 Å². The summed E-state index contributed by atoms with van der Waals surface area (Å²) < 4.78 is 0. The topological polar surface area (TPSA) is 0 Å². The maximum Gasteiger partial charge on any atom is -0.0317 e. The van der Waals surface area contributed by atoms with Gasteiger partial charge in [-0.25, -0.2) is 0 Å². The van der Waals surface area contributed by atoms with Crippen LogP contribution in [0.3, 0.4) is 0 Å². The lowest BCUT2D eigenvalue weighted by atomic mass is 10.1. The van der Waals surface area contributed by atoms with Gasteiger partial charge in [0.15, 0.2) is 0 Å². The molecule has 0 aromatic carbocycles. The van der Waals surface area contributed by atoms with Crippen LogP contribution >= 0.6 is 16.5 Å². The van der Waals surface area contributed by atoms with Gasteiger partial charge < -0.3 is 0 Å². The van der Waals surface area contributed by atoms with E-state index in [4.69, 9.17) is 0 Å². The van der Waals surface area contributed by atoms with Crippen molar-refractivity contribution in [2.24, 2.45) is 0 Å². The minimum absolute atomic E-state index is 1.28. The summed E-state index contributed by atoms with van der Waals surface area (Å²) in [5.74, 6) is 0. The molecule has 0 nitrogen and oxygen atoms in total. The van der Waals surface area contributed by atoms with E-state index in [1.54, 1.807) is 0 Å². The summed E-state index contributed by atoms with van der Waals surface area (Å²) >= 11 is 0. The molecule has 0 aromatic heterocycles. The summed E-state index contributed by atoms with van der Waals surface area (Å²) in [4.78, 5) is 0. The largest absolute Gasteiger partial charge is 0.0992 e. The van der Waals surface area contributed by atoms with Crippen molar-refractivity contribution < 1.29 is 0 Å². The quantitative estimate of drug-likeness (QED) is 0.0728. The fourth-order valence-corrected chi connectivity index (χ4v) is 7.97. The van der Waals surface area contributed by atoms with Crippen LogP contribution in [0, 0.1) is 0 Å². The van der Waals surface area contributed by atoms with Gasteiger partial charge in [-0.1, -0.05) is 184 Å². The summed E-state index contributed by atoms with van der Waals surface area (Å²) in [6, 6.07) is 0. The van der Waals surface area contributed by atoms with Crippen molar-refractivity contribution in [3.8, 4) is 0 Å². The summed E-state index contributed by atoms with van der Waals surface area (Å²) in [5.41, 5.74) is 0. The molecule has 0 aromatic rings. The van der Waals surface area contributed by atoms with Crippen LogP contribution in [0.1, 0.15) is 181 Å². The van der Waals surface area contributed by atoms with E-state index in [-0.39, 0.29) is 0 Å². The Bertz CT molecular complexity index is 275. The van der Waals surface area contributed by atoms with Gasteiger partial charge in [-0.3, -0.25) is 0 Å². The minimum atomic E-state index is 1.28. The van der Waals surface area contributed by atoms with E-state index in [0.29, 0.717) is 0 Å². The van der Waals surface area contributed by atoms with E-state index >= 15 is 0 Å². The second-order valence-electron chi connectivity index (χ2n) is 10.3. The fraction of sp³-hybridized carbons (Fsp3) is 1.00. The Morgan fingerprint density at radius 1 is 0.250 bits per heavy atom. The molecule has 0 amide bonds. The van der Waals surface area contributed by atoms with Crippen LogP contribution in [0.5, 0.6) is 0 Å². The van der Waals surface area contributed by atoms with Crippen molar-refractivity contribution in [2.75, 3.05) is 12.3 Å².